The number of halogens is 1. The summed E-state index contributed by atoms with van der Waals surface area (Å²) in [6.07, 6.45) is 1.76. The minimum atomic E-state index is -3.51. The van der Waals surface area contributed by atoms with Crippen LogP contribution in [0.1, 0.15) is 12.8 Å². The van der Waals surface area contributed by atoms with Gasteiger partial charge in [0, 0.05) is 20.1 Å². The summed E-state index contributed by atoms with van der Waals surface area (Å²) in [6.45, 7) is 2.03. The van der Waals surface area contributed by atoms with Gasteiger partial charge in [-0.3, -0.25) is 0 Å². The summed E-state index contributed by atoms with van der Waals surface area (Å²) >= 11 is 3.15. The summed E-state index contributed by atoms with van der Waals surface area (Å²) < 4.78 is 28.1. The van der Waals surface area contributed by atoms with E-state index in [2.05, 4.69) is 31.6 Å². The van der Waals surface area contributed by atoms with E-state index in [9.17, 15) is 8.42 Å². The van der Waals surface area contributed by atoms with Gasteiger partial charge in [0.05, 0.1) is 0 Å². The smallest absolute Gasteiger partial charge is 0.263 e. The molecule has 0 atom stereocenters. The Kier molecular flexibility index (Phi) is 4.59. The molecule has 7 nitrogen and oxygen atoms in total. The van der Waals surface area contributed by atoms with E-state index in [0.29, 0.717) is 19.0 Å². The zero-order chi connectivity index (χ0) is 14.0. The fourth-order valence-corrected chi connectivity index (χ4v) is 4.86. The van der Waals surface area contributed by atoms with Gasteiger partial charge in [-0.1, -0.05) is 5.21 Å². The molecule has 0 spiro atoms. The summed E-state index contributed by atoms with van der Waals surface area (Å²) in [4.78, 5) is 0. The van der Waals surface area contributed by atoms with Gasteiger partial charge < -0.3 is 5.32 Å². The number of rotatable bonds is 4. The topological polar surface area (TPSA) is 80.1 Å². The molecule has 2 heterocycles. The number of hydrogen-bond acceptors (Lipinski definition) is 5. The van der Waals surface area contributed by atoms with Crippen molar-refractivity contribution < 1.29 is 8.42 Å². The number of nitrogens with one attached hydrogen (secondary N) is 1. The summed E-state index contributed by atoms with van der Waals surface area (Å²) in [7, 11) is -0.0145. The highest BCUT2D eigenvalue weighted by Crippen LogP contribution is 2.26. The highest BCUT2D eigenvalue weighted by molar-refractivity contribution is 9.10. The van der Waals surface area contributed by atoms with Crippen molar-refractivity contribution >= 4 is 26.0 Å². The number of hydrogen-bond donors (Lipinski definition) is 1. The quantitative estimate of drug-likeness (QED) is 0.837. The third-order valence-corrected chi connectivity index (χ3v) is 6.18. The first kappa shape index (κ1) is 14.9. The lowest BCUT2D eigenvalue weighted by Crippen LogP contribution is -2.41. The molecule has 1 saturated heterocycles. The largest absolute Gasteiger partial charge is 0.319 e. The van der Waals surface area contributed by atoms with Crippen molar-refractivity contribution in [3.8, 4) is 0 Å². The first-order valence-corrected chi connectivity index (χ1v) is 8.40. The maximum absolute atomic E-state index is 12.5. The standard InChI is InChI=1S/C10H18BrN5O2S/c1-12-7-8-3-5-16(6-4-8)19(17,18)10-9(11)13-14-15(10)2/h8,12H,3-7H2,1-2H3. The molecule has 0 amide bonds. The molecule has 0 bridgehead atoms. The summed E-state index contributed by atoms with van der Waals surface area (Å²) in [6, 6.07) is 0. The van der Waals surface area contributed by atoms with E-state index in [1.165, 1.54) is 8.99 Å². The Morgan fingerprint density at radius 2 is 2.05 bits per heavy atom. The van der Waals surface area contributed by atoms with Crippen molar-refractivity contribution in [3.63, 3.8) is 0 Å². The van der Waals surface area contributed by atoms with Crippen LogP contribution >= 0.6 is 15.9 Å². The molecule has 19 heavy (non-hydrogen) atoms. The number of aryl methyl sites for hydroxylation is 1. The molecule has 2 rings (SSSR count). The van der Waals surface area contributed by atoms with Gasteiger partial charge in [0.15, 0.2) is 4.60 Å². The molecule has 9 heteroatoms. The van der Waals surface area contributed by atoms with Crippen LogP contribution in [0.5, 0.6) is 0 Å². The molecule has 1 N–H and O–H groups in total. The first-order chi connectivity index (χ1) is 8.96. The fraction of sp³-hybridized carbons (Fsp3) is 0.800. The Morgan fingerprint density at radius 1 is 1.42 bits per heavy atom. The second-order valence-corrected chi connectivity index (χ2v) is 7.32. The van der Waals surface area contributed by atoms with Crippen molar-refractivity contribution in [2.24, 2.45) is 13.0 Å². The zero-order valence-electron chi connectivity index (χ0n) is 11.0. The Morgan fingerprint density at radius 3 is 2.53 bits per heavy atom. The van der Waals surface area contributed by atoms with Gasteiger partial charge in [0.1, 0.15) is 0 Å². The van der Waals surface area contributed by atoms with E-state index in [0.717, 1.165) is 19.4 Å². The lowest BCUT2D eigenvalue weighted by Gasteiger charge is -2.30. The molecule has 0 radical (unpaired) electrons. The van der Waals surface area contributed by atoms with E-state index < -0.39 is 10.0 Å². The second kappa shape index (κ2) is 5.86. The van der Waals surface area contributed by atoms with Gasteiger partial charge in [0.25, 0.3) is 10.0 Å². The Hall–Kier alpha value is -0.510. The monoisotopic (exact) mass is 351 g/mol. The normalized spacial score (nSPS) is 18.9. The number of aromatic nitrogens is 3. The fourth-order valence-electron chi connectivity index (χ4n) is 2.36. The average molecular weight is 352 g/mol. The maximum Gasteiger partial charge on any atom is 0.263 e. The summed E-state index contributed by atoms with van der Waals surface area (Å²) in [5.74, 6) is 0.546. The molecule has 0 aliphatic carbocycles. The summed E-state index contributed by atoms with van der Waals surface area (Å²) in [5, 5.41) is 10.7. The van der Waals surface area contributed by atoms with E-state index in [4.69, 9.17) is 0 Å². The van der Waals surface area contributed by atoms with Crippen LogP contribution in [-0.4, -0.2) is 54.4 Å². The minimum Gasteiger partial charge on any atom is -0.319 e. The van der Waals surface area contributed by atoms with E-state index >= 15 is 0 Å². The molecule has 1 aromatic heterocycles. The molecular weight excluding hydrogens is 334 g/mol. The van der Waals surface area contributed by atoms with Crippen LogP contribution in [0.4, 0.5) is 0 Å². The molecule has 0 aromatic carbocycles. The Balaban J connectivity index is 2.15. The molecular formula is C10H18BrN5O2S. The van der Waals surface area contributed by atoms with Crippen LogP contribution in [-0.2, 0) is 17.1 Å². The van der Waals surface area contributed by atoms with Crippen LogP contribution in [0.25, 0.3) is 0 Å². The Bertz CT molecular complexity index is 517. The molecule has 0 saturated carbocycles. The van der Waals surface area contributed by atoms with Crippen LogP contribution in [0, 0.1) is 5.92 Å². The van der Waals surface area contributed by atoms with Crippen LogP contribution in [0.2, 0.25) is 0 Å². The average Bonchev–Trinajstić information content (AvgIpc) is 2.70. The van der Waals surface area contributed by atoms with Gasteiger partial charge in [-0.25, -0.2) is 13.1 Å². The zero-order valence-corrected chi connectivity index (χ0v) is 13.4. The van der Waals surface area contributed by atoms with Crippen molar-refractivity contribution in [3.05, 3.63) is 4.60 Å². The van der Waals surface area contributed by atoms with Crippen LogP contribution in [0.3, 0.4) is 0 Å². The summed E-state index contributed by atoms with van der Waals surface area (Å²) in [5.41, 5.74) is 0. The number of piperidine rings is 1. The van der Waals surface area contributed by atoms with Gasteiger partial charge in [0.2, 0.25) is 5.03 Å². The molecule has 0 unspecified atom stereocenters. The van der Waals surface area contributed by atoms with E-state index in [1.807, 2.05) is 7.05 Å². The second-order valence-electron chi connectivity index (χ2n) is 4.71. The third-order valence-electron chi connectivity index (χ3n) is 3.39. The van der Waals surface area contributed by atoms with Gasteiger partial charge in [-0.15, -0.1) is 5.10 Å². The van der Waals surface area contributed by atoms with Crippen molar-refractivity contribution in [1.82, 2.24) is 24.6 Å². The number of sulfonamides is 1. The van der Waals surface area contributed by atoms with E-state index in [-0.39, 0.29) is 9.63 Å². The predicted molar refractivity (Wildman–Crippen MR) is 74.1 cm³/mol. The van der Waals surface area contributed by atoms with Gasteiger partial charge in [-0.2, -0.15) is 4.31 Å². The molecule has 1 aromatic rings. The van der Waals surface area contributed by atoms with Crippen molar-refractivity contribution in [2.45, 2.75) is 17.9 Å². The molecule has 1 aliphatic rings. The van der Waals surface area contributed by atoms with Gasteiger partial charge >= 0.3 is 0 Å². The highest BCUT2D eigenvalue weighted by Gasteiger charge is 2.33. The first-order valence-electron chi connectivity index (χ1n) is 6.16. The van der Waals surface area contributed by atoms with Crippen LogP contribution in [0.15, 0.2) is 9.63 Å². The third kappa shape index (κ3) is 2.99. The lowest BCUT2D eigenvalue weighted by molar-refractivity contribution is 0.269. The van der Waals surface area contributed by atoms with Crippen molar-refractivity contribution in [1.29, 1.82) is 0 Å². The number of nitrogens with zero attached hydrogens (tertiary/aromatic N) is 4. The lowest BCUT2D eigenvalue weighted by atomic mass is 9.98. The van der Waals surface area contributed by atoms with Gasteiger partial charge in [-0.05, 0) is 48.3 Å². The molecule has 108 valence electrons. The molecule has 1 aliphatic heterocycles. The minimum absolute atomic E-state index is 0.125. The molecule has 1 fully saturated rings. The van der Waals surface area contributed by atoms with Crippen molar-refractivity contribution in [2.75, 3.05) is 26.7 Å². The SMILES string of the molecule is CNCC1CCN(S(=O)(=O)c2c(Br)nnn2C)CC1. The van der Waals surface area contributed by atoms with Crippen LogP contribution < -0.4 is 5.32 Å². The highest BCUT2D eigenvalue weighted by atomic mass is 79.9. The predicted octanol–water partition coefficient (Wildman–Crippen LogP) is 0.198. The Labute approximate surface area is 121 Å². The maximum atomic E-state index is 12.5. The van der Waals surface area contributed by atoms with E-state index in [1.54, 1.807) is 7.05 Å².